The summed E-state index contributed by atoms with van der Waals surface area (Å²) in [4.78, 5) is 7.96. The van der Waals surface area contributed by atoms with Gasteiger partial charge in [-0.05, 0) is 34.8 Å². The molecule has 0 radical (unpaired) electrons. The maximum atomic E-state index is 4.32. The van der Waals surface area contributed by atoms with E-state index in [0.29, 0.717) is 0 Å². The summed E-state index contributed by atoms with van der Waals surface area (Å²) < 4.78 is 1.16. The summed E-state index contributed by atoms with van der Waals surface area (Å²) in [6, 6.07) is 2.15. The molecule has 6 heteroatoms. The van der Waals surface area contributed by atoms with Crippen molar-refractivity contribution in [1.82, 2.24) is 10.2 Å². The highest BCUT2D eigenvalue weighted by Crippen LogP contribution is 2.19. The zero-order valence-corrected chi connectivity index (χ0v) is 14.5. The Morgan fingerprint density at radius 2 is 2.24 bits per heavy atom. The van der Waals surface area contributed by atoms with Crippen LogP contribution in [0.4, 0.5) is 0 Å². The molecule has 1 aromatic rings. The van der Waals surface area contributed by atoms with Crippen molar-refractivity contribution in [2.75, 3.05) is 20.1 Å². The number of hydrogen-bond acceptors (Lipinski definition) is 2. The standard InChI is InChI=1S/C11H16BrN3S.HI/c1-13-11(15-4-2-3-5-15)14-7-10-6-9(12)8-16-10;/h6,8H,2-5,7H2,1H3,(H,13,14);1H. The van der Waals surface area contributed by atoms with E-state index in [1.54, 1.807) is 11.3 Å². The lowest BCUT2D eigenvalue weighted by atomic mass is 10.4. The molecule has 2 heterocycles. The van der Waals surface area contributed by atoms with Gasteiger partial charge in [0, 0.05) is 34.9 Å². The lowest BCUT2D eigenvalue weighted by Gasteiger charge is -2.20. The molecular formula is C11H17BrIN3S. The van der Waals surface area contributed by atoms with Crippen molar-refractivity contribution in [1.29, 1.82) is 0 Å². The summed E-state index contributed by atoms with van der Waals surface area (Å²) in [6.07, 6.45) is 2.57. The van der Waals surface area contributed by atoms with E-state index in [2.05, 4.69) is 42.6 Å². The second kappa shape index (κ2) is 7.58. The summed E-state index contributed by atoms with van der Waals surface area (Å²) in [6.45, 7) is 3.13. The average molecular weight is 430 g/mol. The first-order valence-corrected chi connectivity index (χ1v) is 7.15. The molecule has 1 saturated heterocycles. The third kappa shape index (κ3) is 4.40. The Kier molecular flexibility index (Phi) is 6.79. The van der Waals surface area contributed by atoms with Gasteiger partial charge in [-0.1, -0.05) is 0 Å². The van der Waals surface area contributed by atoms with Crippen LogP contribution in [0.1, 0.15) is 17.7 Å². The molecule has 0 bridgehead atoms. The van der Waals surface area contributed by atoms with E-state index in [1.165, 1.54) is 17.7 Å². The average Bonchev–Trinajstić information content (AvgIpc) is 2.91. The third-order valence-electron chi connectivity index (χ3n) is 2.66. The van der Waals surface area contributed by atoms with E-state index in [0.717, 1.165) is 30.1 Å². The van der Waals surface area contributed by atoms with Gasteiger partial charge in [-0.2, -0.15) is 0 Å². The molecule has 0 unspecified atom stereocenters. The quantitative estimate of drug-likeness (QED) is 0.443. The first-order chi connectivity index (χ1) is 7.79. The molecule has 1 aliphatic rings. The van der Waals surface area contributed by atoms with Crippen molar-refractivity contribution in [2.24, 2.45) is 4.99 Å². The highest BCUT2D eigenvalue weighted by Gasteiger charge is 2.15. The Morgan fingerprint density at radius 3 is 2.76 bits per heavy atom. The molecule has 17 heavy (non-hydrogen) atoms. The molecular weight excluding hydrogens is 413 g/mol. The number of thiophene rings is 1. The zero-order chi connectivity index (χ0) is 11.4. The summed E-state index contributed by atoms with van der Waals surface area (Å²) in [5.41, 5.74) is 0. The maximum absolute atomic E-state index is 4.32. The van der Waals surface area contributed by atoms with Crippen LogP contribution in [0.15, 0.2) is 20.9 Å². The molecule has 0 aliphatic carbocycles. The minimum atomic E-state index is 0. The highest BCUT2D eigenvalue weighted by atomic mass is 127. The normalized spacial score (nSPS) is 15.9. The van der Waals surface area contributed by atoms with Crippen molar-refractivity contribution in [3.05, 3.63) is 20.8 Å². The number of likely N-dealkylation sites (tertiary alicyclic amines) is 1. The van der Waals surface area contributed by atoms with Gasteiger partial charge in [-0.3, -0.25) is 4.99 Å². The van der Waals surface area contributed by atoms with Gasteiger partial charge in [-0.15, -0.1) is 35.3 Å². The van der Waals surface area contributed by atoms with Gasteiger partial charge in [0.15, 0.2) is 5.96 Å². The van der Waals surface area contributed by atoms with E-state index in [9.17, 15) is 0 Å². The van der Waals surface area contributed by atoms with Crippen LogP contribution in [0.3, 0.4) is 0 Å². The molecule has 0 amide bonds. The van der Waals surface area contributed by atoms with E-state index < -0.39 is 0 Å². The van der Waals surface area contributed by atoms with Gasteiger partial charge in [0.1, 0.15) is 0 Å². The molecule has 3 nitrogen and oxygen atoms in total. The van der Waals surface area contributed by atoms with Gasteiger partial charge in [0.25, 0.3) is 0 Å². The van der Waals surface area contributed by atoms with Crippen molar-refractivity contribution >= 4 is 57.2 Å². The number of guanidine groups is 1. The lowest BCUT2D eigenvalue weighted by molar-refractivity contribution is 0.494. The van der Waals surface area contributed by atoms with E-state index in [1.807, 2.05) is 7.05 Å². The predicted molar refractivity (Wildman–Crippen MR) is 88.4 cm³/mol. The van der Waals surface area contributed by atoms with Crippen LogP contribution in [-0.2, 0) is 6.54 Å². The molecule has 1 N–H and O–H groups in total. The topological polar surface area (TPSA) is 27.6 Å². The van der Waals surface area contributed by atoms with Crippen LogP contribution in [0.5, 0.6) is 0 Å². The maximum Gasteiger partial charge on any atom is 0.193 e. The third-order valence-corrected chi connectivity index (χ3v) is 4.36. The molecule has 1 aliphatic heterocycles. The Bertz CT molecular complexity index is 375. The number of halogens is 2. The molecule has 0 atom stereocenters. The molecule has 2 rings (SSSR count). The Hall–Kier alpha value is 0.180. The minimum absolute atomic E-state index is 0. The second-order valence-electron chi connectivity index (χ2n) is 3.83. The van der Waals surface area contributed by atoms with Crippen LogP contribution < -0.4 is 5.32 Å². The second-order valence-corrected chi connectivity index (χ2v) is 5.74. The number of rotatable bonds is 2. The molecule has 0 saturated carbocycles. The molecule has 1 aromatic heterocycles. The zero-order valence-electron chi connectivity index (χ0n) is 9.78. The summed E-state index contributed by atoms with van der Waals surface area (Å²) in [5, 5.41) is 5.51. The van der Waals surface area contributed by atoms with Gasteiger partial charge in [0.05, 0.1) is 6.54 Å². The number of nitrogens with zero attached hydrogens (tertiary/aromatic N) is 2. The number of hydrogen-bond donors (Lipinski definition) is 1. The molecule has 96 valence electrons. The highest BCUT2D eigenvalue weighted by molar-refractivity contribution is 14.0. The van der Waals surface area contributed by atoms with Gasteiger partial charge in [-0.25, -0.2) is 0 Å². The fourth-order valence-corrected chi connectivity index (χ4v) is 3.26. The van der Waals surface area contributed by atoms with Gasteiger partial charge in [0.2, 0.25) is 0 Å². The van der Waals surface area contributed by atoms with Crippen molar-refractivity contribution in [3.63, 3.8) is 0 Å². The summed E-state index contributed by atoms with van der Waals surface area (Å²) in [5.74, 6) is 1.03. The first-order valence-electron chi connectivity index (χ1n) is 5.48. The number of nitrogens with one attached hydrogen (secondary N) is 1. The molecule has 1 fully saturated rings. The molecule has 0 spiro atoms. The van der Waals surface area contributed by atoms with Gasteiger partial charge >= 0.3 is 0 Å². The molecule has 0 aromatic carbocycles. The summed E-state index contributed by atoms with van der Waals surface area (Å²) >= 11 is 5.23. The predicted octanol–water partition coefficient (Wildman–Crippen LogP) is 3.30. The monoisotopic (exact) mass is 429 g/mol. The largest absolute Gasteiger partial charge is 0.351 e. The lowest BCUT2D eigenvalue weighted by Crippen LogP contribution is -2.38. The van der Waals surface area contributed by atoms with Crippen LogP contribution >= 0.6 is 51.2 Å². The summed E-state index contributed by atoms with van der Waals surface area (Å²) in [7, 11) is 1.85. The fraction of sp³-hybridized carbons (Fsp3) is 0.545. The van der Waals surface area contributed by atoms with Crippen molar-refractivity contribution in [2.45, 2.75) is 19.4 Å². The van der Waals surface area contributed by atoms with Gasteiger partial charge < -0.3 is 10.2 Å². The van der Waals surface area contributed by atoms with E-state index in [4.69, 9.17) is 0 Å². The Labute approximate surface area is 132 Å². The van der Waals surface area contributed by atoms with Crippen LogP contribution in [0.25, 0.3) is 0 Å². The first kappa shape index (κ1) is 15.2. The fourth-order valence-electron chi connectivity index (χ4n) is 1.87. The van der Waals surface area contributed by atoms with Crippen LogP contribution in [0.2, 0.25) is 0 Å². The van der Waals surface area contributed by atoms with Crippen molar-refractivity contribution in [3.8, 4) is 0 Å². The van der Waals surface area contributed by atoms with E-state index >= 15 is 0 Å². The van der Waals surface area contributed by atoms with Crippen LogP contribution in [-0.4, -0.2) is 31.0 Å². The van der Waals surface area contributed by atoms with Crippen LogP contribution in [0, 0.1) is 0 Å². The minimum Gasteiger partial charge on any atom is -0.351 e. The number of aliphatic imine (C=N–C) groups is 1. The smallest absolute Gasteiger partial charge is 0.193 e. The Balaban J connectivity index is 0.00000144. The van der Waals surface area contributed by atoms with Crippen molar-refractivity contribution < 1.29 is 0 Å². The SMILES string of the molecule is CN=C(NCc1cc(Br)cs1)N1CCCC1.I. The van der Waals surface area contributed by atoms with E-state index in [-0.39, 0.29) is 24.0 Å². The Morgan fingerprint density at radius 1 is 1.53 bits per heavy atom.